The first-order valence-corrected chi connectivity index (χ1v) is 19.2. The van der Waals surface area contributed by atoms with Crippen molar-refractivity contribution in [1.29, 1.82) is 0 Å². The van der Waals surface area contributed by atoms with E-state index in [1.165, 1.54) is 19.2 Å². The number of anilines is 1. The van der Waals surface area contributed by atoms with E-state index >= 15 is 0 Å². The van der Waals surface area contributed by atoms with Gasteiger partial charge < -0.3 is 39.0 Å². The van der Waals surface area contributed by atoms with Gasteiger partial charge in [0.05, 0.1) is 32.3 Å². The number of nitrogens with zero attached hydrogens (tertiary/aromatic N) is 3. The number of amides is 1. The number of benzene rings is 2. The molecule has 16 heteroatoms. The molecule has 0 saturated carbocycles. The number of sulfone groups is 1. The number of aromatic nitrogens is 2. The van der Waals surface area contributed by atoms with E-state index in [4.69, 9.17) is 35.9 Å². The average molecular weight is 769 g/mol. The van der Waals surface area contributed by atoms with Crippen molar-refractivity contribution in [3.05, 3.63) is 107 Å². The van der Waals surface area contributed by atoms with E-state index in [2.05, 4.69) is 16.9 Å². The Morgan fingerprint density at radius 1 is 1.08 bits per heavy atom. The normalized spacial score (nSPS) is 21.5. The summed E-state index contributed by atoms with van der Waals surface area (Å²) in [5.74, 6) is 0.680. The zero-order valence-corrected chi connectivity index (χ0v) is 31.6. The third-order valence-corrected chi connectivity index (χ3v) is 11.0. The quantitative estimate of drug-likeness (QED) is 0.192. The molecule has 2 aromatic carbocycles. The highest BCUT2D eigenvalue weighted by Gasteiger charge is 2.50. The standard InChI is InChI=1S/C37H44N4O10S2/c1-6-8-25(7-2)37(26-9-13-28(47-4)14-10-26,27-11-15-29(48-5)16-12-27)49-23-30-32(43)33(51-36(52)40-19-21-53(45,46)22-20-40)34(50-30)41-18-17-31(38-24(3)42)39-35(41)44/h7-18,30,32-34,43H,2,6,19-23H2,1,3-5H3,(H,38,39,42,44). The van der Waals surface area contributed by atoms with Crippen molar-refractivity contribution in [2.45, 2.75) is 50.4 Å². The molecule has 4 unspecified atom stereocenters. The number of carbonyl (C=O) groups excluding carboxylic acids is 1. The molecule has 0 spiro atoms. The Bertz CT molecular complexity index is 1920. The van der Waals surface area contributed by atoms with Crippen molar-refractivity contribution in [2.75, 3.05) is 50.7 Å². The van der Waals surface area contributed by atoms with Crippen molar-refractivity contribution in [2.24, 2.45) is 0 Å². The second-order valence-electron chi connectivity index (χ2n) is 12.4. The number of hydrogen-bond donors (Lipinski definition) is 2. The Kier molecular flexibility index (Phi) is 12.7. The monoisotopic (exact) mass is 768 g/mol. The highest BCUT2D eigenvalue weighted by Crippen LogP contribution is 2.44. The van der Waals surface area contributed by atoms with Gasteiger partial charge in [-0.1, -0.05) is 49.9 Å². The summed E-state index contributed by atoms with van der Waals surface area (Å²) in [5.41, 5.74) is 0.123. The Morgan fingerprint density at radius 3 is 2.15 bits per heavy atom. The summed E-state index contributed by atoms with van der Waals surface area (Å²) in [6.45, 7) is 7.40. The number of carbonyl (C=O) groups is 1. The predicted molar refractivity (Wildman–Crippen MR) is 202 cm³/mol. The van der Waals surface area contributed by atoms with Crippen LogP contribution in [0.15, 0.2) is 89.9 Å². The topological polar surface area (TPSA) is 168 Å². The third-order valence-electron chi connectivity index (χ3n) is 9.07. The minimum absolute atomic E-state index is 0.0307. The average Bonchev–Trinajstić information content (AvgIpc) is 3.44. The summed E-state index contributed by atoms with van der Waals surface area (Å²) in [7, 11) is -0.0565. The van der Waals surface area contributed by atoms with Gasteiger partial charge in [0.25, 0.3) is 5.17 Å². The molecular formula is C37H44N4O10S2. The molecule has 2 saturated heterocycles. The van der Waals surface area contributed by atoms with E-state index in [1.807, 2.05) is 61.5 Å². The van der Waals surface area contributed by atoms with Gasteiger partial charge in [-0.25, -0.2) is 13.2 Å². The second-order valence-corrected chi connectivity index (χ2v) is 15.1. The molecule has 2 fully saturated rings. The number of ether oxygens (including phenoxy) is 5. The Balaban J connectivity index is 1.54. The zero-order valence-electron chi connectivity index (χ0n) is 30.0. The van der Waals surface area contributed by atoms with E-state index in [1.54, 1.807) is 25.2 Å². The third kappa shape index (κ3) is 8.79. The van der Waals surface area contributed by atoms with E-state index in [0.717, 1.165) is 21.3 Å². The van der Waals surface area contributed by atoms with Crippen molar-refractivity contribution >= 4 is 39.0 Å². The fourth-order valence-corrected chi connectivity index (χ4v) is 7.84. The molecule has 1 amide bonds. The molecule has 3 heterocycles. The maximum atomic E-state index is 13.3. The lowest BCUT2D eigenvalue weighted by molar-refractivity contribution is -0.114. The van der Waals surface area contributed by atoms with Crippen LogP contribution in [0, 0.1) is 0 Å². The van der Waals surface area contributed by atoms with Gasteiger partial charge in [-0.15, -0.1) is 0 Å². The first-order chi connectivity index (χ1) is 25.3. The molecule has 284 valence electrons. The Labute approximate surface area is 313 Å². The van der Waals surface area contributed by atoms with Crippen LogP contribution >= 0.6 is 12.2 Å². The number of nitrogens with one attached hydrogen (secondary N) is 1. The van der Waals surface area contributed by atoms with Gasteiger partial charge in [0.2, 0.25) is 5.91 Å². The molecule has 0 radical (unpaired) electrons. The summed E-state index contributed by atoms with van der Waals surface area (Å²) < 4.78 is 55.7. The maximum absolute atomic E-state index is 13.3. The molecule has 0 aliphatic carbocycles. The molecular weight excluding hydrogens is 725 g/mol. The summed E-state index contributed by atoms with van der Waals surface area (Å²) in [5, 5.41) is 14.3. The molecule has 2 aliphatic heterocycles. The highest BCUT2D eigenvalue weighted by atomic mass is 32.2. The predicted octanol–water partition coefficient (Wildman–Crippen LogP) is 3.36. The lowest BCUT2D eigenvalue weighted by Gasteiger charge is -2.38. The summed E-state index contributed by atoms with van der Waals surface area (Å²) in [4.78, 5) is 30.5. The first kappa shape index (κ1) is 39.6. The van der Waals surface area contributed by atoms with Crippen LogP contribution in [0.2, 0.25) is 0 Å². The van der Waals surface area contributed by atoms with Crippen LogP contribution < -0.4 is 20.5 Å². The zero-order chi connectivity index (χ0) is 38.3. The van der Waals surface area contributed by atoms with Gasteiger partial charge in [0.15, 0.2) is 22.2 Å². The largest absolute Gasteiger partial charge is 0.497 e. The lowest BCUT2D eigenvalue weighted by Crippen LogP contribution is -2.47. The molecule has 5 rings (SSSR count). The van der Waals surface area contributed by atoms with Crippen LogP contribution in [0.1, 0.15) is 37.6 Å². The minimum atomic E-state index is -3.21. The summed E-state index contributed by atoms with van der Waals surface area (Å²) in [6.07, 6.45) is 0.755. The Hall–Kier alpha value is -4.61. The smallest absolute Gasteiger partial charge is 0.351 e. The van der Waals surface area contributed by atoms with Gasteiger partial charge >= 0.3 is 5.69 Å². The van der Waals surface area contributed by atoms with Crippen molar-refractivity contribution < 1.29 is 42.0 Å². The fourth-order valence-electron chi connectivity index (χ4n) is 6.35. The van der Waals surface area contributed by atoms with E-state index in [9.17, 15) is 23.1 Å². The molecule has 2 N–H and O–H groups in total. The summed E-state index contributed by atoms with van der Waals surface area (Å²) in [6, 6.07) is 16.2. The number of allylic oxidation sites excluding steroid dienone is 1. The van der Waals surface area contributed by atoms with Crippen molar-refractivity contribution in [3.63, 3.8) is 0 Å². The number of methoxy groups -OCH3 is 2. The molecule has 0 bridgehead atoms. The molecule has 2 aliphatic rings. The van der Waals surface area contributed by atoms with Gasteiger partial charge in [0, 0.05) is 26.2 Å². The van der Waals surface area contributed by atoms with Gasteiger partial charge in [-0.05, 0) is 65.7 Å². The van der Waals surface area contributed by atoms with Crippen LogP contribution in [-0.2, 0) is 34.4 Å². The number of thiocarbonyl (C=S) groups is 1. The first-order valence-electron chi connectivity index (χ1n) is 17.0. The van der Waals surface area contributed by atoms with E-state index < -0.39 is 51.6 Å². The lowest BCUT2D eigenvalue weighted by atomic mass is 9.79. The van der Waals surface area contributed by atoms with Gasteiger partial charge in [-0.2, -0.15) is 4.98 Å². The number of rotatable bonds is 13. The van der Waals surface area contributed by atoms with E-state index in [-0.39, 0.29) is 42.2 Å². The van der Waals surface area contributed by atoms with Crippen LogP contribution in [0.4, 0.5) is 5.82 Å². The SMILES string of the molecule is C=CC(=CCC)C(OCC1OC(n2ccc(NC(C)=O)nc2=O)C(OC(=S)N2CCS(=O)(=O)CC2)C1O)(c1ccc(OC)cc1)c1ccc(OC)cc1. The van der Waals surface area contributed by atoms with Crippen LogP contribution in [-0.4, -0.2) is 103 Å². The minimum Gasteiger partial charge on any atom is -0.497 e. The highest BCUT2D eigenvalue weighted by molar-refractivity contribution is 7.91. The number of aliphatic hydroxyl groups excluding tert-OH is 1. The number of aliphatic hydroxyl groups is 1. The fraction of sp³-hybridized carbons (Fsp3) is 0.405. The van der Waals surface area contributed by atoms with Crippen LogP contribution in [0.5, 0.6) is 11.5 Å². The van der Waals surface area contributed by atoms with Crippen LogP contribution in [0.3, 0.4) is 0 Å². The van der Waals surface area contributed by atoms with Crippen molar-refractivity contribution in [1.82, 2.24) is 14.5 Å². The molecule has 1 aromatic heterocycles. The van der Waals surface area contributed by atoms with Gasteiger partial charge in [-0.3, -0.25) is 9.36 Å². The van der Waals surface area contributed by atoms with E-state index in [0.29, 0.717) is 17.9 Å². The number of hydrogen-bond acceptors (Lipinski definition) is 12. The Morgan fingerprint density at radius 2 is 1.66 bits per heavy atom. The van der Waals surface area contributed by atoms with Crippen molar-refractivity contribution in [3.8, 4) is 11.5 Å². The molecule has 53 heavy (non-hydrogen) atoms. The summed E-state index contributed by atoms with van der Waals surface area (Å²) >= 11 is 5.57. The maximum Gasteiger partial charge on any atom is 0.351 e. The second kappa shape index (κ2) is 17.0. The molecule has 4 atom stereocenters. The van der Waals surface area contributed by atoms with Crippen LogP contribution in [0.25, 0.3) is 0 Å². The molecule has 3 aromatic rings. The van der Waals surface area contributed by atoms with Gasteiger partial charge in [0.1, 0.15) is 35.1 Å². The molecule has 14 nitrogen and oxygen atoms in total.